The van der Waals surface area contributed by atoms with Crippen LogP contribution in [0.5, 0.6) is 5.75 Å². The molecule has 0 saturated heterocycles. The van der Waals surface area contributed by atoms with Gasteiger partial charge < -0.3 is 9.46 Å². The van der Waals surface area contributed by atoms with Crippen molar-refractivity contribution in [1.29, 1.82) is 0 Å². The van der Waals surface area contributed by atoms with E-state index in [1.54, 1.807) is 19.1 Å². The second-order valence-electron chi connectivity index (χ2n) is 3.75. The summed E-state index contributed by atoms with van der Waals surface area (Å²) in [5, 5.41) is 0. The summed E-state index contributed by atoms with van der Waals surface area (Å²) in [5.41, 5.74) is 2.34. The van der Waals surface area contributed by atoms with Gasteiger partial charge >= 0.3 is 0 Å². The van der Waals surface area contributed by atoms with Gasteiger partial charge in [-0.1, -0.05) is 12.1 Å². The number of rotatable bonds is 4. The van der Waals surface area contributed by atoms with Crippen LogP contribution in [0, 0.1) is 6.92 Å². The van der Waals surface area contributed by atoms with Crippen molar-refractivity contribution in [3.05, 3.63) is 54.1 Å². The third kappa shape index (κ3) is 3.43. The number of aryl methyl sites for hydroxylation is 1. The van der Waals surface area contributed by atoms with E-state index in [1.807, 2.05) is 24.3 Å². The monoisotopic (exact) mass is 245 g/mol. The normalized spacial score (nSPS) is 10.0. The molecule has 2 aromatic carbocycles. The van der Waals surface area contributed by atoms with Crippen LogP contribution in [0.15, 0.2) is 53.4 Å². The fourth-order valence-electron chi connectivity index (χ4n) is 1.46. The minimum absolute atomic E-state index is 0.871. The summed E-state index contributed by atoms with van der Waals surface area (Å²) in [4.78, 5) is 1.21. The highest BCUT2D eigenvalue weighted by Gasteiger charge is 1.96. The molecule has 0 aliphatic carbocycles. The lowest BCUT2D eigenvalue weighted by molar-refractivity contribution is 0.415. The molecule has 0 aromatic heterocycles. The fraction of sp³-hybridized carbons (Fsp3) is 0.143. The second kappa shape index (κ2) is 5.64. The standard InChI is InChI=1S/C14H15NOS/c1-11-4-3-5-14(10-11)17-15-12-6-8-13(16-2)9-7-12/h3-10,15H,1-2H3. The van der Waals surface area contributed by atoms with Crippen molar-refractivity contribution in [3.8, 4) is 5.75 Å². The van der Waals surface area contributed by atoms with Crippen LogP contribution in [0.1, 0.15) is 5.56 Å². The number of hydrogen-bond donors (Lipinski definition) is 1. The molecule has 0 radical (unpaired) electrons. The molecule has 0 atom stereocenters. The van der Waals surface area contributed by atoms with Crippen molar-refractivity contribution < 1.29 is 4.74 Å². The molecule has 0 amide bonds. The highest BCUT2D eigenvalue weighted by Crippen LogP contribution is 2.23. The lowest BCUT2D eigenvalue weighted by Gasteiger charge is -2.06. The molecule has 0 saturated carbocycles. The SMILES string of the molecule is COc1ccc(NSc2cccc(C)c2)cc1. The molecular weight excluding hydrogens is 230 g/mol. The minimum atomic E-state index is 0.871. The van der Waals surface area contributed by atoms with E-state index in [0.717, 1.165) is 11.4 Å². The predicted octanol–water partition coefficient (Wildman–Crippen LogP) is 4.12. The maximum atomic E-state index is 5.11. The number of methoxy groups -OCH3 is 1. The zero-order valence-corrected chi connectivity index (χ0v) is 10.8. The van der Waals surface area contributed by atoms with E-state index in [2.05, 4.69) is 35.9 Å². The number of hydrogen-bond acceptors (Lipinski definition) is 3. The van der Waals surface area contributed by atoms with Gasteiger partial charge in [0.1, 0.15) is 5.75 Å². The molecule has 0 heterocycles. The average molecular weight is 245 g/mol. The maximum absolute atomic E-state index is 5.11. The topological polar surface area (TPSA) is 21.3 Å². The summed E-state index contributed by atoms with van der Waals surface area (Å²) < 4.78 is 8.41. The summed E-state index contributed by atoms with van der Waals surface area (Å²) in [6, 6.07) is 16.3. The smallest absolute Gasteiger partial charge is 0.119 e. The van der Waals surface area contributed by atoms with Crippen molar-refractivity contribution in [1.82, 2.24) is 0 Å². The van der Waals surface area contributed by atoms with Gasteiger partial charge in [0.25, 0.3) is 0 Å². The molecule has 0 bridgehead atoms. The van der Waals surface area contributed by atoms with E-state index in [1.165, 1.54) is 10.5 Å². The zero-order valence-electron chi connectivity index (χ0n) is 9.94. The highest BCUT2D eigenvalue weighted by atomic mass is 32.2. The van der Waals surface area contributed by atoms with E-state index in [4.69, 9.17) is 4.74 Å². The van der Waals surface area contributed by atoms with Gasteiger partial charge in [0.05, 0.1) is 7.11 Å². The van der Waals surface area contributed by atoms with Gasteiger partial charge in [0.15, 0.2) is 0 Å². The van der Waals surface area contributed by atoms with Gasteiger partial charge in [-0.05, 0) is 60.8 Å². The number of nitrogens with one attached hydrogen (secondary N) is 1. The van der Waals surface area contributed by atoms with Crippen LogP contribution >= 0.6 is 11.9 Å². The van der Waals surface area contributed by atoms with Crippen LogP contribution in [-0.4, -0.2) is 7.11 Å². The molecule has 17 heavy (non-hydrogen) atoms. The molecular formula is C14H15NOS. The molecule has 0 unspecified atom stereocenters. The quantitative estimate of drug-likeness (QED) is 0.819. The Kier molecular flexibility index (Phi) is 3.94. The van der Waals surface area contributed by atoms with Gasteiger partial charge in [0, 0.05) is 10.6 Å². The second-order valence-corrected chi connectivity index (χ2v) is 4.63. The van der Waals surface area contributed by atoms with Crippen LogP contribution in [-0.2, 0) is 0 Å². The van der Waals surface area contributed by atoms with Gasteiger partial charge in [-0.3, -0.25) is 0 Å². The molecule has 0 spiro atoms. The van der Waals surface area contributed by atoms with E-state index < -0.39 is 0 Å². The number of benzene rings is 2. The molecule has 0 fully saturated rings. The minimum Gasteiger partial charge on any atom is -0.497 e. The van der Waals surface area contributed by atoms with Gasteiger partial charge in [-0.25, -0.2) is 0 Å². The van der Waals surface area contributed by atoms with Crippen molar-refractivity contribution >= 4 is 17.6 Å². The van der Waals surface area contributed by atoms with Crippen molar-refractivity contribution in [2.24, 2.45) is 0 Å². The molecule has 0 aliphatic rings. The largest absolute Gasteiger partial charge is 0.497 e. The highest BCUT2D eigenvalue weighted by molar-refractivity contribution is 8.00. The van der Waals surface area contributed by atoms with Gasteiger partial charge in [0.2, 0.25) is 0 Å². The molecule has 0 aliphatic heterocycles. The summed E-state index contributed by atoms with van der Waals surface area (Å²) in [6.07, 6.45) is 0. The Labute approximate surface area is 106 Å². The Morgan fingerprint density at radius 1 is 1.06 bits per heavy atom. The number of ether oxygens (including phenoxy) is 1. The Bertz CT molecular complexity index is 482. The summed E-state index contributed by atoms with van der Waals surface area (Å²) in [6.45, 7) is 2.09. The molecule has 88 valence electrons. The zero-order chi connectivity index (χ0) is 12.1. The third-order valence-electron chi connectivity index (χ3n) is 2.37. The van der Waals surface area contributed by atoms with E-state index in [9.17, 15) is 0 Å². The molecule has 1 N–H and O–H groups in total. The summed E-state index contributed by atoms with van der Waals surface area (Å²) in [5.74, 6) is 0.871. The first-order valence-electron chi connectivity index (χ1n) is 5.41. The van der Waals surface area contributed by atoms with Crippen molar-refractivity contribution in [2.45, 2.75) is 11.8 Å². The Balaban J connectivity index is 1.97. The van der Waals surface area contributed by atoms with Gasteiger partial charge in [-0.15, -0.1) is 0 Å². The van der Waals surface area contributed by atoms with Gasteiger partial charge in [-0.2, -0.15) is 0 Å². The molecule has 2 aromatic rings. The summed E-state index contributed by atoms with van der Waals surface area (Å²) >= 11 is 1.61. The van der Waals surface area contributed by atoms with Crippen LogP contribution in [0.2, 0.25) is 0 Å². The molecule has 3 heteroatoms. The first kappa shape index (κ1) is 11.9. The lowest BCUT2D eigenvalue weighted by Crippen LogP contribution is -1.87. The van der Waals surface area contributed by atoms with Crippen molar-refractivity contribution in [2.75, 3.05) is 11.8 Å². The Hall–Kier alpha value is -1.61. The number of anilines is 1. The predicted molar refractivity (Wildman–Crippen MR) is 73.7 cm³/mol. The summed E-state index contributed by atoms with van der Waals surface area (Å²) in [7, 11) is 1.67. The van der Waals surface area contributed by atoms with Crippen LogP contribution in [0.4, 0.5) is 5.69 Å². The first-order chi connectivity index (χ1) is 8.28. The fourth-order valence-corrected chi connectivity index (χ4v) is 2.22. The van der Waals surface area contributed by atoms with E-state index in [-0.39, 0.29) is 0 Å². The first-order valence-corrected chi connectivity index (χ1v) is 6.23. The average Bonchev–Trinajstić information content (AvgIpc) is 2.37. The Morgan fingerprint density at radius 3 is 2.47 bits per heavy atom. The van der Waals surface area contributed by atoms with Crippen LogP contribution in [0.25, 0.3) is 0 Å². The molecule has 2 rings (SSSR count). The third-order valence-corrected chi connectivity index (χ3v) is 3.19. The molecule has 2 nitrogen and oxygen atoms in total. The lowest BCUT2D eigenvalue weighted by atomic mass is 10.2. The van der Waals surface area contributed by atoms with Crippen LogP contribution in [0.3, 0.4) is 0 Å². The Morgan fingerprint density at radius 2 is 1.82 bits per heavy atom. The van der Waals surface area contributed by atoms with E-state index in [0.29, 0.717) is 0 Å². The van der Waals surface area contributed by atoms with E-state index >= 15 is 0 Å². The maximum Gasteiger partial charge on any atom is 0.119 e. The van der Waals surface area contributed by atoms with Crippen molar-refractivity contribution in [3.63, 3.8) is 0 Å². The van der Waals surface area contributed by atoms with Crippen LogP contribution < -0.4 is 9.46 Å².